The lowest BCUT2D eigenvalue weighted by molar-refractivity contribution is 0.0600. The molecule has 0 aliphatic carbocycles. The minimum atomic E-state index is -0.360. The number of carbonyl (C=O) groups excluding carboxylic acids is 1. The van der Waals surface area contributed by atoms with Crippen molar-refractivity contribution >= 4 is 5.97 Å². The highest BCUT2D eigenvalue weighted by Crippen LogP contribution is 2.26. The van der Waals surface area contributed by atoms with Crippen LogP contribution in [0.1, 0.15) is 21.5 Å². The summed E-state index contributed by atoms with van der Waals surface area (Å²) in [6, 6.07) is 17.9. The number of esters is 1. The predicted molar refractivity (Wildman–Crippen MR) is 112 cm³/mol. The van der Waals surface area contributed by atoms with Gasteiger partial charge in [-0.05, 0) is 60.5 Å². The van der Waals surface area contributed by atoms with Crippen molar-refractivity contribution in [3.8, 4) is 22.5 Å². The van der Waals surface area contributed by atoms with E-state index in [0.29, 0.717) is 23.4 Å². The number of rotatable bonds is 5. The number of benzene rings is 2. The maximum absolute atomic E-state index is 14.3. The summed E-state index contributed by atoms with van der Waals surface area (Å²) in [5.74, 6) is -0.651. The molecule has 0 fully saturated rings. The van der Waals surface area contributed by atoms with Gasteiger partial charge in [0.1, 0.15) is 5.82 Å². The number of aromatic nitrogens is 3. The largest absolute Gasteiger partial charge is 0.465 e. The normalized spacial score (nSPS) is 10.8. The van der Waals surface area contributed by atoms with Crippen LogP contribution >= 0.6 is 0 Å². The number of hydrogen-bond acceptors (Lipinski definition) is 4. The van der Waals surface area contributed by atoms with Crippen molar-refractivity contribution in [2.45, 2.75) is 13.5 Å². The monoisotopic (exact) mass is 401 g/mol. The van der Waals surface area contributed by atoms with Gasteiger partial charge in [0.25, 0.3) is 0 Å². The summed E-state index contributed by atoms with van der Waals surface area (Å²) in [6.07, 6.45) is 3.55. The minimum absolute atomic E-state index is 0.291. The van der Waals surface area contributed by atoms with E-state index in [2.05, 4.69) is 10.1 Å². The number of aryl methyl sites for hydroxylation is 1. The molecule has 2 heterocycles. The van der Waals surface area contributed by atoms with Crippen LogP contribution in [0.15, 0.2) is 73.1 Å². The Bertz CT molecular complexity index is 1200. The molecule has 0 amide bonds. The van der Waals surface area contributed by atoms with Crippen LogP contribution in [-0.2, 0) is 11.3 Å². The molecule has 0 aliphatic rings. The van der Waals surface area contributed by atoms with Crippen LogP contribution in [0.25, 0.3) is 22.5 Å². The molecular weight excluding hydrogens is 381 g/mol. The van der Waals surface area contributed by atoms with Crippen molar-refractivity contribution in [3.05, 3.63) is 95.6 Å². The molecule has 0 N–H and O–H groups in total. The predicted octanol–water partition coefficient (Wildman–Crippen LogP) is 4.89. The third kappa shape index (κ3) is 4.12. The lowest BCUT2D eigenvalue weighted by Crippen LogP contribution is -2.03. The van der Waals surface area contributed by atoms with Gasteiger partial charge in [0.15, 0.2) is 0 Å². The van der Waals surface area contributed by atoms with Gasteiger partial charge in [-0.1, -0.05) is 18.2 Å². The standard InChI is InChI=1S/C24H20FN3O2/c1-16-3-8-20(21(25)13-16)23-14-19(9-11-26-23)22-10-12-28(27-22)15-17-4-6-18(7-5-17)24(29)30-2/h3-14H,15H2,1-2H3. The Morgan fingerprint density at radius 1 is 1.03 bits per heavy atom. The van der Waals surface area contributed by atoms with E-state index in [1.165, 1.54) is 13.2 Å². The van der Waals surface area contributed by atoms with Crippen LogP contribution in [0.3, 0.4) is 0 Å². The molecule has 0 bridgehead atoms. The average Bonchev–Trinajstić information content (AvgIpc) is 3.22. The van der Waals surface area contributed by atoms with Crippen molar-refractivity contribution in [1.82, 2.24) is 14.8 Å². The molecule has 0 saturated heterocycles. The van der Waals surface area contributed by atoms with Crippen molar-refractivity contribution in [3.63, 3.8) is 0 Å². The van der Waals surface area contributed by atoms with Gasteiger partial charge in [0, 0.05) is 23.5 Å². The SMILES string of the molecule is COC(=O)c1ccc(Cn2ccc(-c3ccnc(-c4ccc(C)cc4F)c3)n2)cc1. The van der Waals surface area contributed by atoms with Crippen molar-refractivity contribution in [1.29, 1.82) is 0 Å². The van der Waals surface area contributed by atoms with E-state index in [9.17, 15) is 9.18 Å². The van der Waals surface area contributed by atoms with E-state index in [4.69, 9.17) is 4.74 Å². The molecule has 0 saturated carbocycles. The Balaban J connectivity index is 1.55. The Kier molecular flexibility index (Phi) is 5.39. The first-order chi connectivity index (χ1) is 14.5. The average molecular weight is 401 g/mol. The summed E-state index contributed by atoms with van der Waals surface area (Å²) >= 11 is 0. The molecule has 0 radical (unpaired) electrons. The zero-order chi connectivity index (χ0) is 21.1. The van der Waals surface area contributed by atoms with Gasteiger partial charge < -0.3 is 4.74 Å². The molecular formula is C24H20FN3O2. The molecule has 0 atom stereocenters. The van der Waals surface area contributed by atoms with E-state index in [-0.39, 0.29) is 11.8 Å². The number of carbonyl (C=O) groups is 1. The van der Waals surface area contributed by atoms with Gasteiger partial charge in [-0.3, -0.25) is 9.67 Å². The van der Waals surface area contributed by atoms with E-state index in [0.717, 1.165) is 22.4 Å². The summed E-state index contributed by atoms with van der Waals surface area (Å²) in [6.45, 7) is 2.42. The molecule has 0 aliphatic heterocycles. The van der Waals surface area contributed by atoms with Crippen LogP contribution < -0.4 is 0 Å². The third-order valence-corrected chi connectivity index (χ3v) is 4.82. The summed E-state index contributed by atoms with van der Waals surface area (Å²) in [7, 11) is 1.36. The highest BCUT2D eigenvalue weighted by molar-refractivity contribution is 5.89. The molecule has 4 rings (SSSR count). The second-order valence-corrected chi connectivity index (χ2v) is 7.00. The zero-order valence-corrected chi connectivity index (χ0v) is 16.7. The van der Waals surface area contributed by atoms with E-state index < -0.39 is 0 Å². The Morgan fingerprint density at radius 3 is 2.57 bits per heavy atom. The lowest BCUT2D eigenvalue weighted by atomic mass is 10.1. The summed E-state index contributed by atoms with van der Waals surface area (Å²) in [4.78, 5) is 15.9. The molecule has 150 valence electrons. The fourth-order valence-corrected chi connectivity index (χ4v) is 3.22. The van der Waals surface area contributed by atoms with Crippen molar-refractivity contribution in [2.24, 2.45) is 0 Å². The van der Waals surface area contributed by atoms with Crippen LogP contribution in [-0.4, -0.2) is 27.8 Å². The fourth-order valence-electron chi connectivity index (χ4n) is 3.22. The third-order valence-electron chi connectivity index (χ3n) is 4.82. The Labute approximate surface area is 173 Å². The first kappa shape index (κ1) is 19.5. The topological polar surface area (TPSA) is 57.0 Å². The Hall–Kier alpha value is -3.80. The first-order valence-electron chi connectivity index (χ1n) is 9.47. The molecule has 30 heavy (non-hydrogen) atoms. The van der Waals surface area contributed by atoms with Gasteiger partial charge in [-0.15, -0.1) is 0 Å². The number of methoxy groups -OCH3 is 1. The smallest absolute Gasteiger partial charge is 0.337 e. The number of halogens is 1. The minimum Gasteiger partial charge on any atom is -0.465 e. The maximum atomic E-state index is 14.3. The molecule has 0 unspecified atom stereocenters. The maximum Gasteiger partial charge on any atom is 0.337 e. The van der Waals surface area contributed by atoms with Crippen LogP contribution in [0, 0.1) is 12.7 Å². The van der Waals surface area contributed by atoms with Gasteiger partial charge in [-0.2, -0.15) is 5.10 Å². The summed E-state index contributed by atoms with van der Waals surface area (Å²) < 4.78 is 20.9. The molecule has 2 aromatic carbocycles. The molecule has 6 heteroatoms. The van der Waals surface area contributed by atoms with Crippen LogP contribution in [0.4, 0.5) is 4.39 Å². The van der Waals surface area contributed by atoms with Crippen LogP contribution in [0.5, 0.6) is 0 Å². The number of pyridine rings is 1. The number of nitrogens with zero attached hydrogens (tertiary/aromatic N) is 3. The highest BCUT2D eigenvalue weighted by Gasteiger charge is 2.10. The molecule has 5 nitrogen and oxygen atoms in total. The summed E-state index contributed by atoms with van der Waals surface area (Å²) in [5, 5.41) is 4.62. The van der Waals surface area contributed by atoms with Gasteiger partial charge in [0.05, 0.1) is 30.6 Å². The van der Waals surface area contributed by atoms with Crippen LogP contribution in [0.2, 0.25) is 0 Å². The molecule has 4 aromatic rings. The quantitative estimate of drug-likeness (QED) is 0.447. The second kappa shape index (κ2) is 8.29. The summed E-state index contributed by atoms with van der Waals surface area (Å²) in [5.41, 5.74) is 5.05. The van der Waals surface area contributed by atoms with E-state index >= 15 is 0 Å². The van der Waals surface area contributed by atoms with E-state index in [1.54, 1.807) is 24.4 Å². The highest BCUT2D eigenvalue weighted by atomic mass is 19.1. The molecule has 2 aromatic heterocycles. The number of hydrogen-bond donors (Lipinski definition) is 0. The van der Waals surface area contributed by atoms with Crippen molar-refractivity contribution < 1.29 is 13.9 Å². The lowest BCUT2D eigenvalue weighted by Gasteiger charge is -2.06. The van der Waals surface area contributed by atoms with Crippen molar-refractivity contribution in [2.75, 3.05) is 7.11 Å². The Morgan fingerprint density at radius 2 is 1.83 bits per heavy atom. The zero-order valence-electron chi connectivity index (χ0n) is 16.7. The number of ether oxygens (including phenoxy) is 1. The van der Waals surface area contributed by atoms with Gasteiger partial charge >= 0.3 is 5.97 Å². The first-order valence-corrected chi connectivity index (χ1v) is 9.47. The van der Waals surface area contributed by atoms with Gasteiger partial charge in [0.2, 0.25) is 0 Å². The molecule has 0 spiro atoms. The fraction of sp³-hybridized carbons (Fsp3) is 0.125. The van der Waals surface area contributed by atoms with Gasteiger partial charge in [-0.25, -0.2) is 9.18 Å². The second-order valence-electron chi connectivity index (χ2n) is 7.00. The van der Waals surface area contributed by atoms with E-state index in [1.807, 2.05) is 54.2 Å².